The van der Waals surface area contributed by atoms with Gasteiger partial charge in [0.05, 0.1) is 27.4 Å². The molecule has 0 aromatic heterocycles. The van der Waals surface area contributed by atoms with Crippen LogP contribution in [-0.4, -0.2) is 17.7 Å². The number of ether oxygens (including phenoxy) is 2. The minimum absolute atomic E-state index is 0.0285. The number of anilines is 1. The van der Waals surface area contributed by atoms with Gasteiger partial charge in [0.2, 0.25) is 0 Å². The molecule has 1 aliphatic heterocycles. The molecule has 4 aromatic carbocycles. The first kappa shape index (κ1) is 29.2. The molecule has 5 nitrogen and oxygen atoms in total. The van der Waals surface area contributed by atoms with Crippen molar-refractivity contribution < 1.29 is 18.7 Å². The van der Waals surface area contributed by atoms with Gasteiger partial charge >= 0.3 is 0 Å². The number of rotatable bonds is 8. The molecule has 0 bridgehead atoms. The molecule has 4 aromatic rings. The van der Waals surface area contributed by atoms with E-state index < -0.39 is 0 Å². The van der Waals surface area contributed by atoms with E-state index in [1.165, 1.54) is 17.8 Å². The van der Waals surface area contributed by atoms with Crippen LogP contribution in [0.5, 0.6) is 11.5 Å². The Kier molecular flexibility index (Phi) is 9.35. The van der Waals surface area contributed by atoms with E-state index in [4.69, 9.17) is 37.7 Å². The standard InChI is InChI=1S/C31H22BrCl2FN2O3S/c1-2-39-27-16-19(15-25(32)29(27)40-18-20-5-3-4-6-26(20)35)17-28-30(38)37(24-13-9-22(34)10-14-24)31(41-28)36-23-11-7-21(33)8-12-23/h3-17H,2,18H2,1H3/b28-17-,36-31?. The number of nitrogens with zero attached hydrogens (tertiary/aromatic N) is 2. The van der Waals surface area contributed by atoms with E-state index in [1.54, 1.807) is 83.8 Å². The second kappa shape index (κ2) is 13.1. The van der Waals surface area contributed by atoms with Crippen LogP contribution in [-0.2, 0) is 11.4 Å². The van der Waals surface area contributed by atoms with Crippen LogP contribution in [0.4, 0.5) is 15.8 Å². The van der Waals surface area contributed by atoms with Gasteiger partial charge in [-0.05, 0) is 113 Å². The molecule has 0 radical (unpaired) electrons. The van der Waals surface area contributed by atoms with Gasteiger partial charge in [-0.15, -0.1) is 0 Å². The molecule has 1 amide bonds. The summed E-state index contributed by atoms with van der Waals surface area (Å²) >= 11 is 17.0. The molecule has 208 valence electrons. The van der Waals surface area contributed by atoms with Gasteiger partial charge in [-0.2, -0.15) is 0 Å². The summed E-state index contributed by atoms with van der Waals surface area (Å²) in [7, 11) is 0. The Morgan fingerprint density at radius 2 is 1.66 bits per heavy atom. The molecule has 41 heavy (non-hydrogen) atoms. The van der Waals surface area contributed by atoms with Gasteiger partial charge < -0.3 is 9.47 Å². The second-order valence-corrected chi connectivity index (χ2v) is 11.5. The lowest BCUT2D eigenvalue weighted by molar-refractivity contribution is -0.113. The summed E-state index contributed by atoms with van der Waals surface area (Å²) in [5.41, 5.74) is 2.42. The number of amides is 1. The fourth-order valence-electron chi connectivity index (χ4n) is 3.98. The summed E-state index contributed by atoms with van der Waals surface area (Å²) in [4.78, 5) is 20.4. The van der Waals surface area contributed by atoms with E-state index in [9.17, 15) is 9.18 Å². The fourth-order valence-corrected chi connectivity index (χ4v) is 5.81. The van der Waals surface area contributed by atoms with Crippen LogP contribution in [0.15, 0.2) is 99.3 Å². The van der Waals surface area contributed by atoms with Crippen LogP contribution in [0.2, 0.25) is 10.0 Å². The summed E-state index contributed by atoms with van der Waals surface area (Å²) in [5.74, 6) is 0.320. The first-order valence-corrected chi connectivity index (χ1v) is 14.9. The smallest absolute Gasteiger partial charge is 0.271 e. The van der Waals surface area contributed by atoms with E-state index in [2.05, 4.69) is 15.9 Å². The zero-order valence-corrected chi connectivity index (χ0v) is 25.5. The number of thioether (sulfide) groups is 1. The third-order valence-corrected chi connectivity index (χ3v) is 7.96. The fraction of sp³-hybridized carbons (Fsp3) is 0.0968. The zero-order chi connectivity index (χ0) is 28.9. The van der Waals surface area contributed by atoms with Crippen molar-refractivity contribution in [2.45, 2.75) is 13.5 Å². The highest BCUT2D eigenvalue weighted by Crippen LogP contribution is 2.41. The first-order valence-electron chi connectivity index (χ1n) is 12.5. The van der Waals surface area contributed by atoms with E-state index in [-0.39, 0.29) is 18.3 Å². The van der Waals surface area contributed by atoms with Crippen LogP contribution < -0.4 is 14.4 Å². The Balaban J connectivity index is 1.49. The molecule has 5 rings (SSSR count). The van der Waals surface area contributed by atoms with E-state index in [0.29, 0.717) is 65.2 Å². The molecule has 0 N–H and O–H groups in total. The largest absolute Gasteiger partial charge is 0.490 e. The van der Waals surface area contributed by atoms with Gasteiger partial charge in [-0.25, -0.2) is 9.38 Å². The SMILES string of the molecule is CCOc1cc(/C=C2\SC(=Nc3ccc(Cl)cc3)N(c3ccc(Cl)cc3)C2=O)cc(Br)c1OCc1ccccc1F. The number of amidine groups is 1. The predicted molar refractivity (Wildman–Crippen MR) is 169 cm³/mol. The highest BCUT2D eigenvalue weighted by atomic mass is 79.9. The average Bonchev–Trinajstić information content (AvgIpc) is 3.25. The normalized spacial score (nSPS) is 15.1. The van der Waals surface area contributed by atoms with Crippen LogP contribution in [0, 0.1) is 5.82 Å². The third-order valence-electron chi connectivity index (χ3n) is 5.90. The number of carbonyl (C=O) groups excluding carboxylic acids is 1. The van der Waals surface area contributed by atoms with Crippen molar-refractivity contribution in [3.05, 3.63) is 121 Å². The maximum Gasteiger partial charge on any atom is 0.271 e. The van der Waals surface area contributed by atoms with Gasteiger partial charge in [0, 0.05) is 15.6 Å². The van der Waals surface area contributed by atoms with Gasteiger partial charge in [-0.3, -0.25) is 9.69 Å². The van der Waals surface area contributed by atoms with Crippen molar-refractivity contribution in [2.75, 3.05) is 11.5 Å². The Morgan fingerprint density at radius 1 is 0.976 bits per heavy atom. The van der Waals surface area contributed by atoms with Gasteiger partial charge in [-0.1, -0.05) is 41.4 Å². The molecule has 1 aliphatic rings. The summed E-state index contributed by atoms with van der Waals surface area (Å²) in [6.07, 6.45) is 1.77. The molecule has 0 atom stereocenters. The maximum absolute atomic E-state index is 14.1. The molecule has 10 heteroatoms. The number of halogens is 4. The Bertz CT molecular complexity index is 1650. The van der Waals surface area contributed by atoms with E-state index in [1.807, 2.05) is 13.0 Å². The van der Waals surface area contributed by atoms with Crippen LogP contribution >= 0.6 is 50.9 Å². The molecular weight excluding hydrogens is 650 g/mol. The Hall–Kier alpha value is -3.30. The number of hydrogen-bond acceptors (Lipinski definition) is 5. The van der Waals surface area contributed by atoms with E-state index >= 15 is 0 Å². The minimum atomic E-state index is -0.346. The maximum atomic E-state index is 14.1. The molecule has 0 saturated carbocycles. The molecular formula is C31H22BrCl2FN2O3S. The number of benzene rings is 4. The molecule has 1 fully saturated rings. The van der Waals surface area contributed by atoms with Crippen LogP contribution in [0.3, 0.4) is 0 Å². The molecule has 0 unspecified atom stereocenters. The van der Waals surface area contributed by atoms with Gasteiger partial charge in [0.15, 0.2) is 16.7 Å². The first-order chi connectivity index (χ1) is 19.8. The van der Waals surface area contributed by atoms with Crippen LogP contribution in [0.25, 0.3) is 6.08 Å². The summed E-state index contributed by atoms with van der Waals surface area (Å²) in [6.45, 7) is 2.28. The zero-order valence-electron chi connectivity index (χ0n) is 21.6. The molecule has 1 saturated heterocycles. The Morgan fingerprint density at radius 3 is 2.34 bits per heavy atom. The van der Waals surface area contributed by atoms with Crippen molar-refractivity contribution in [1.82, 2.24) is 0 Å². The number of carbonyl (C=O) groups is 1. The van der Waals surface area contributed by atoms with Crippen molar-refractivity contribution in [1.29, 1.82) is 0 Å². The predicted octanol–water partition coefficient (Wildman–Crippen LogP) is 9.68. The molecule has 0 spiro atoms. The van der Waals surface area contributed by atoms with Crippen molar-refractivity contribution in [3.8, 4) is 11.5 Å². The highest BCUT2D eigenvalue weighted by molar-refractivity contribution is 9.10. The van der Waals surface area contributed by atoms with Crippen LogP contribution in [0.1, 0.15) is 18.1 Å². The summed E-state index contributed by atoms with van der Waals surface area (Å²) < 4.78 is 26.6. The van der Waals surface area contributed by atoms with Crippen molar-refractivity contribution >= 4 is 79.4 Å². The summed E-state index contributed by atoms with van der Waals surface area (Å²) in [5, 5.41) is 1.64. The summed E-state index contributed by atoms with van der Waals surface area (Å²) in [6, 6.07) is 24.1. The number of hydrogen-bond donors (Lipinski definition) is 0. The quantitative estimate of drug-likeness (QED) is 0.175. The lowest BCUT2D eigenvalue weighted by atomic mass is 10.1. The monoisotopic (exact) mass is 670 g/mol. The molecule has 0 aliphatic carbocycles. The second-order valence-electron chi connectivity index (χ2n) is 8.74. The molecule has 1 heterocycles. The average molecular weight is 672 g/mol. The van der Waals surface area contributed by atoms with Gasteiger partial charge in [0.1, 0.15) is 12.4 Å². The topological polar surface area (TPSA) is 51.1 Å². The van der Waals surface area contributed by atoms with E-state index in [0.717, 1.165) is 0 Å². The van der Waals surface area contributed by atoms with Crippen molar-refractivity contribution in [3.63, 3.8) is 0 Å². The van der Waals surface area contributed by atoms with Gasteiger partial charge in [0.25, 0.3) is 5.91 Å². The lowest BCUT2D eigenvalue weighted by Crippen LogP contribution is -2.28. The third kappa shape index (κ3) is 6.96. The lowest BCUT2D eigenvalue weighted by Gasteiger charge is -2.16. The Labute approximate surface area is 259 Å². The van der Waals surface area contributed by atoms with Crippen molar-refractivity contribution in [2.24, 2.45) is 4.99 Å². The highest BCUT2D eigenvalue weighted by Gasteiger charge is 2.35. The minimum Gasteiger partial charge on any atom is -0.490 e. The number of aliphatic imine (C=N–C) groups is 1.